The van der Waals surface area contributed by atoms with Gasteiger partial charge in [-0.1, -0.05) is 38.1 Å². The number of ether oxygens (including phenoxy) is 2. The van der Waals surface area contributed by atoms with Crippen molar-refractivity contribution in [1.82, 2.24) is 29.9 Å². The van der Waals surface area contributed by atoms with E-state index in [9.17, 15) is 36.2 Å². The van der Waals surface area contributed by atoms with Crippen LogP contribution in [0.25, 0.3) is 12.2 Å². The van der Waals surface area contributed by atoms with Gasteiger partial charge in [-0.05, 0) is 60.1 Å². The molecule has 2 unspecified atom stereocenters. The molecular formula is C38H54N12Na2O12S2. The van der Waals surface area contributed by atoms with Crippen LogP contribution in [0.15, 0.2) is 46.2 Å². The predicted molar refractivity (Wildman–Crippen MR) is 235 cm³/mol. The van der Waals surface area contributed by atoms with E-state index in [0.29, 0.717) is 25.9 Å². The molecule has 66 heavy (non-hydrogen) atoms. The fourth-order valence-corrected chi connectivity index (χ4v) is 6.89. The van der Waals surface area contributed by atoms with E-state index in [1.807, 2.05) is 13.8 Å². The zero-order chi connectivity index (χ0) is 46.5. The summed E-state index contributed by atoms with van der Waals surface area (Å²) in [5.41, 5.74) is -0.0870. The largest absolute Gasteiger partial charge is 1.00 e. The first-order valence-corrected chi connectivity index (χ1v) is 23.0. The van der Waals surface area contributed by atoms with Gasteiger partial charge >= 0.3 is 59.1 Å². The molecule has 0 amide bonds. The van der Waals surface area contributed by atoms with Crippen LogP contribution < -0.4 is 91.0 Å². The van der Waals surface area contributed by atoms with Crippen LogP contribution in [0.2, 0.25) is 0 Å². The number of anilines is 8. The minimum atomic E-state index is -5.15. The van der Waals surface area contributed by atoms with E-state index in [1.165, 1.54) is 36.4 Å². The Kier molecular flexibility index (Phi) is 26.8. The molecule has 0 radical (unpaired) electrons. The molecule has 0 saturated heterocycles. The Hall–Kier alpha value is -3.42. The molecule has 0 aliphatic heterocycles. The molecule has 2 heterocycles. The van der Waals surface area contributed by atoms with E-state index in [1.54, 1.807) is 0 Å². The summed E-state index contributed by atoms with van der Waals surface area (Å²) >= 11 is 0. The molecule has 2 atom stereocenters. The van der Waals surface area contributed by atoms with Crippen molar-refractivity contribution in [2.45, 2.75) is 36.5 Å². The molecule has 10 N–H and O–H groups in total. The van der Waals surface area contributed by atoms with E-state index in [0.717, 1.165) is 12.1 Å². The summed E-state index contributed by atoms with van der Waals surface area (Å²) in [5.74, 6) is 0.191. The second kappa shape index (κ2) is 30.1. The Balaban J connectivity index is 0.00000748. The van der Waals surface area contributed by atoms with Crippen molar-refractivity contribution in [3.63, 3.8) is 0 Å². The third kappa shape index (κ3) is 20.0. The molecule has 2 aromatic heterocycles. The van der Waals surface area contributed by atoms with Crippen LogP contribution in [0.5, 0.6) is 0 Å². The molecule has 2 aromatic carbocycles. The summed E-state index contributed by atoms with van der Waals surface area (Å²) in [4.78, 5) is 24.6. The average Bonchev–Trinajstić information content (AvgIpc) is 3.26. The van der Waals surface area contributed by atoms with Crippen molar-refractivity contribution in [3.05, 3.63) is 47.5 Å². The predicted octanol–water partition coefficient (Wildman–Crippen LogP) is -4.77. The van der Waals surface area contributed by atoms with E-state index in [2.05, 4.69) is 61.8 Å². The fourth-order valence-electron chi connectivity index (χ4n) is 5.50. The summed E-state index contributed by atoms with van der Waals surface area (Å²) in [6.45, 7) is 5.28. The molecule has 0 spiro atoms. The van der Waals surface area contributed by atoms with Crippen molar-refractivity contribution >= 4 is 79.5 Å². The van der Waals surface area contributed by atoms with Gasteiger partial charge in [0, 0.05) is 50.8 Å². The van der Waals surface area contributed by atoms with Crippen molar-refractivity contribution in [2.75, 3.05) is 111 Å². The van der Waals surface area contributed by atoms with Crippen LogP contribution in [0.1, 0.15) is 37.8 Å². The first-order chi connectivity index (χ1) is 30.7. The van der Waals surface area contributed by atoms with Crippen LogP contribution in [0.3, 0.4) is 0 Å². The maximum absolute atomic E-state index is 12.5. The van der Waals surface area contributed by atoms with Gasteiger partial charge in [0.1, 0.15) is 20.2 Å². The molecule has 352 valence electrons. The first kappa shape index (κ1) is 58.7. The monoisotopic (exact) mass is 980 g/mol. The summed E-state index contributed by atoms with van der Waals surface area (Å²) in [6, 6.07) is 7.51. The third-order valence-corrected chi connectivity index (χ3v) is 10.9. The van der Waals surface area contributed by atoms with Crippen LogP contribution in [0, 0.1) is 11.8 Å². The molecule has 28 heteroatoms. The van der Waals surface area contributed by atoms with E-state index in [4.69, 9.17) is 19.7 Å². The minimum Gasteiger partial charge on any atom is -0.744 e. The molecule has 0 aliphatic rings. The SMILES string of the molecule is CCC(CO)CNc1nc(NCCOCCO)nc(Nc2ccc(C=Cc3ccc(Nc4nc(NCCOCCO)nc(NCC(CC)CO)n4)cc3S(=O)(=O)[O-])c(S(=O)(=O)[O-])c2)n1.[Na+].[Na+]. The van der Waals surface area contributed by atoms with Crippen LogP contribution in [-0.4, -0.2) is 155 Å². The van der Waals surface area contributed by atoms with E-state index >= 15 is 0 Å². The van der Waals surface area contributed by atoms with Gasteiger partial charge < -0.3 is 70.9 Å². The number of rotatable bonds is 30. The second-order valence-electron chi connectivity index (χ2n) is 13.8. The Labute approximate surface area is 427 Å². The van der Waals surface area contributed by atoms with Crippen LogP contribution >= 0.6 is 0 Å². The normalized spacial score (nSPS) is 12.4. The van der Waals surface area contributed by atoms with Gasteiger partial charge in [0.05, 0.1) is 49.4 Å². The second-order valence-corrected chi connectivity index (χ2v) is 16.5. The Bertz CT molecular complexity index is 2190. The number of hydrogen-bond acceptors (Lipinski definition) is 24. The zero-order valence-electron chi connectivity index (χ0n) is 37.2. The van der Waals surface area contributed by atoms with Crippen molar-refractivity contribution in [1.29, 1.82) is 0 Å². The molecule has 4 aromatic rings. The number of nitrogens with zero attached hydrogens (tertiary/aromatic N) is 6. The summed E-state index contributed by atoms with van der Waals surface area (Å²) in [7, 11) is -10.3. The van der Waals surface area contributed by atoms with Gasteiger partial charge in [0.15, 0.2) is 0 Å². The number of aromatic nitrogens is 6. The zero-order valence-corrected chi connectivity index (χ0v) is 42.9. The van der Waals surface area contributed by atoms with Gasteiger partial charge in [0.25, 0.3) is 0 Å². The van der Waals surface area contributed by atoms with E-state index < -0.39 is 30.0 Å². The molecular weight excluding hydrogens is 927 g/mol. The molecule has 0 fully saturated rings. The maximum Gasteiger partial charge on any atom is 1.00 e. The third-order valence-electron chi connectivity index (χ3n) is 9.09. The topological polar surface area (TPSA) is 363 Å². The standard InChI is InChI=1S/C38H56N12O12S2.2Na/c1-3-25(23-53)21-41-35-45-33(39-11-15-61-17-13-51)47-37(49-35)43-29-9-7-27(31(19-29)63(55,56)57)5-6-28-8-10-30(20-32(28)64(58,59)60)44-38-48-34(40-12-16-62-18-14-52)46-36(50-38)42-22-26(4-2)24-54;;/h5-10,19-20,25-26,51-54H,3-4,11-18,21-24H2,1-2H3,(H,55,56,57)(H,58,59,60)(H3,39,41,43,45,47,49)(H3,40,42,44,46,48,50);;/q;2*+1/p-2. The first-order valence-electron chi connectivity index (χ1n) is 20.2. The number of benzene rings is 2. The number of aliphatic hydroxyl groups excluding tert-OH is 4. The van der Waals surface area contributed by atoms with Gasteiger partial charge in [-0.2, -0.15) is 29.9 Å². The smallest absolute Gasteiger partial charge is 0.744 e. The summed E-state index contributed by atoms with van der Waals surface area (Å²) < 4.78 is 85.8. The maximum atomic E-state index is 12.5. The van der Waals surface area contributed by atoms with E-state index in [-0.39, 0.29) is 195 Å². The minimum absolute atomic E-state index is 0. The molecule has 0 saturated carbocycles. The number of aliphatic hydroxyl groups is 4. The van der Waals surface area contributed by atoms with Gasteiger partial charge in [-0.3, -0.25) is 0 Å². The summed E-state index contributed by atoms with van der Waals surface area (Å²) in [6.07, 6.45) is 3.69. The number of nitrogens with one attached hydrogen (secondary N) is 6. The van der Waals surface area contributed by atoms with Crippen LogP contribution in [-0.2, 0) is 29.7 Å². The fraction of sp³-hybridized carbons (Fsp3) is 0.474. The average molecular weight is 981 g/mol. The van der Waals surface area contributed by atoms with Crippen molar-refractivity contribution in [3.8, 4) is 0 Å². The van der Waals surface area contributed by atoms with Crippen LogP contribution in [0.4, 0.5) is 47.1 Å². The Morgan fingerprint density at radius 2 is 0.909 bits per heavy atom. The summed E-state index contributed by atoms with van der Waals surface area (Å²) in [5, 5.41) is 54.9. The quantitative estimate of drug-likeness (QED) is 0.0101. The molecule has 0 bridgehead atoms. The number of hydrogen-bond donors (Lipinski definition) is 10. The van der Waals surface area contributed by atoms with Crippen molar-refractivity contribution < 1.29 is 115 Å². The van der Waals surface area contributed by atoms with Gasteiger partial charge in [-0.15, -0.1) is 0 Å². The van der Waals surface area contributed by atoms with Gasteiger partial charge in [0.2, 0.25) is 35.7 Å². The molecule has 0 aliphatic carbocycles. The Morgan fingerprint density at radius 3 is 1.23 bits per heavy atom. The Morgan fingerprint density at radius 1 is 0.561 bits per heavy atom. The van der Waals surface area contributed by atoms with Crippen molar-refractivity contribution in [2.24, 2.45) is 11.8 Å². The molecule has 4 rings (SSSR count). The van der Waals surface area contributed by atoms with Gasteiger partial charge in [-0.25, -0.2) is 16.8 Å². The molecule has 24 nitrogen and oxygen atoms in total.